The molecule has 41 heavy (non-hydrogen) atoms. The largest absolute Gasteiger partial charge is 0.490 e. The van der Waals surface area contributed by atoms with E-state index < -0.39 is 38.1 Å². The van der Waals surface area contributed by atoms with Gasteiger partial charge < -0.3 is 19.5 Å². The minimum Gasteiger partial charge on any atom is -0.490 e. The number of amides is 1. The van der Waals surface area contributed by atoms with Crippen LogP contribution in [0.2, 0.25) is 0 Å². The van der Waals surface area contributed by atoms with E-state index in [2.05, 4.69) is 4.72 Å². The van der Waals surface area contributed by atoms with Crippen LogP contribution >= 0.6 is 11.3 Å². The fourth-order valence-corrected chi connectivity index (χ4v) is 6.92. The number of aliphatic hydroxyl groups excluding tert-OH is 1. The van der Waals surface area contributed by atoms with E-state index in [0.717, 1.165) is 30.4 Å². The Kier molecular flexibility index (Phi) is 11.6. The first-order chi connectivity index (χ1) is 19.2. The number of nitrogens with one attached hydrogen (secondary N) is 1. The van der Waals surface area contributed by atoms with Gasteiger partial charge in [-0.05, 0) is 62.8 Å². The molecule has 1 aromatic heterocycles. The molecule has 0 fully saturated rings. The average Bonchev–Trinajstić information content (AvgIpc) is 3.46. The molecule has 1 aliphatic heterocycles. The number of ether oxygens (including phenoxy) is 2. The average molecular weight is 632 g/mol. The molecule has 2 N–H and O–H groups in total. The van der Waals surface area contributed by atoms with Crippen LogP contribution in [-0.4, -0.2) is 94.9 Å². The second-order valence-corrected chi connectivity index (χ2v) is 15.5. The lowest BCUT2D eigenvalue weighted by Gasteiger charge is -2.35. The predicted octanol–water partition coefficient (Wildman–Crippen LogP) is 3.24. The molecule has 0 saturated heterocycles. The Morgan fingerprint density at radius 1 is 1.20 bits per heavy atom. The summed E-state index contributed by atoms with van der Waals surface area (Å²) in [5.74, 6) is -0.444. The van der Waals surface area contributed by atoms with Crippen molar-refractivity contribution in [2.75, 3.05) is 44.3 Å². The second kappa shape index (κ2) is 14.3. The van der Waals surface area contributed by atoms with Crippen molar-refractivity contribution >= 4 is 43.0 Å². The van der Waals surface area contributed by atoms with Gasteiger partial charge in [-0.1, -0.05) is 13.0 Å². The molecule has 2 heterocycles. The highest BCUT2D eigenvalue weighted by atomic mass is 32.2. The number of nitrogens with zero attached hydrogens (tertiary/aromatic N) is 2. The second-order valence-electron chi connectivity index (χ2n) is 10.6. The number of carbonyl (C=O) groups is 1. The fraction of sp³-hybridized carbons (Fsp3) is 0.593. The normalized spacial score (nSPS) is 22.5. The lowest BCUT2D eigenvalue weighted by Crippen LogP contribution is -2.47. The smallest absolute Gasteiger partial charge is 0.271 e. The van der Waals surface area contributed by atoms with Crippen LogP contribution in [0.25, 0.3) is 0 Å². The van der Waals surface area contributed by atoms with Gasteiger partial charge in [-0.15, -0.1) is 11.3 Å². The topological polar surface area (TPSA) is 143 Å². The van der Waals surface area contributed by atoms with Crippen LogP contribution in [0.5, 0.6) is 5.75 Å². The van der Waals surface area contributed by atoms with Gasteiger partial charge in [0.25, 0.3) is 15.9 Å². The van der Waals surface area contributed by atoms with Crippen molar-refractivity contribution < 1.29 is 36.2 Å². The predicted molar refractivity (Wildman–Crippen MR) is 159 cm³/mol. The maximum atomic E-state index is 14.1. The number of benzene rings is 1. The lowest BCUT2D eigenvalue weighted by atomic mass is 10.0. The molecular formula is C27H41N3O8S3. The van der Waals surface area contributed by atoms with Gasteiger partial charge in [0.2, 0.25) is 10.0 Å². The molecule has 0 radical (unpaired) electrons. The number of hydrogen-bond acceptors (Lipinski definition) is 9. The molecule has 11 nitrogen and oxygen atoms in total. The lowest BCUT2D eigenvalue weighted by molar-refractivity contribution is -0.00828. The zero-order valence-corrected chi connectivity index (χ0v) is 26.6. The molecule has 1 aliphatic rings. The van der Waals surface area contributed by atoms with Gasteiger partial charge in [-0.2, -0.15) is 0 Å². The summed E-state index contributed by atoms with van der Waals surface area (Å²) in [6.45, 7) is 5.86. The van der Waals surface area contributed by atoms with Crippen LogP contribution in [0.1, 0.15) is 50.4 Å². The van der Waals surface area contributed by atoms with Gasteiger partial charge in [-0.3, -0.25) is 9.52 Å². The molecule has 4 atom stereocenters. The van der Waals surface area contributed by atoms with E-state index in [1.807, 2.05) is 13.8 Å². The Bertz CT molecular complexity index is 1370. The number of hydrogen-bond donors (Lipinski definition) is 2. The van der Waals surface area contributed by atoms with Gasteiger partial charge in [-0.25, -0.2) is 21.1 Å². The number of fused-ring (bicyclic) bond motifs is 1. The molecule has 0 unspecified atom stereocenters. The number of rotatable bonds is 8. The van der Waals surface area contributed by atoms with Gasteiger partial charge in [0, 0.05) is 38.3 Å². The third-order valence-electron chi connectivity index (χ3n) is 7.07. The summed E-state index contributed by atoms with van der Waals surface area (Å²) < 4.78 is 66.3. The van der Waals surface area contributed by atoms with Gasteiger partial charge in [0.05, 0.1) is 36.7 Å². The first kappa shape index (κ1) is 33.3. The number of aliphatic hydroxyl groups is 1. The Labute approximate surface area is 247 Å². The third kappa shape index (κ3) is 9.13. The number of carbonyl (C=O) groups excluding carboxylic acids is 1. The minimum absolute atomic E-state index is 0.111. The zero-order chi connectivity index (χ0) is 30.4. The highest BCUT2D eigenvalue weighted by Gasteiger charge is 2.31. The zero-order valence-electron chi connectivity index (χ0n) is 24.1. The molecule has 0 saturated carbocycles. The number of likely N-dealkylation sites (N-methyl/N-ethyl adjacent to an activating group) is 1. The van der Waals surface area contributed by atoms with E-state index in [1.54, 1.807) is 30.5 Å². The minimum atomic E-state index is -3.86. The van der Waals surface area contributed by atoms with Gasteiger partial charge in [0.15, 0.2) is 0 Å². The molecular weight excluding hydrogens is 591 g/mol. The summed E-state index contributed by atoms with van der Waals surface area (Å²) in [5.41, 5.74) is 0.349. The summed E-state index contributed by atoms with van der Waals surface area (Å²) in [5, 5.41) is 11.7. The van der Waals surface area contributed by atoms with E-state index in [-0.39, 0.29) is 47.2 Å². The third-order valence-corrected chi connectivity index (χ3v) is 11.1. The van der Waals surface area contributed by atoms with E-state index in [1.165, 1.54) is 28.4 Å². The monoisotopic (exact) mass is 631 g/mol. The quantitative estimate of drug-likeness (QED) is 0.452. The van der Waals surface area contributed by atoms with Crippen LogP contribution in [0.3, 0.4) is 0 Å². The summed E-state index contributed by atoms with van der Waals surface area (Å²) in [6.07, 6.45) is 2.60. The number of anilines is 1. The summed E-state index contributed by atoms with van der Waals surface area (Å²) >= 11 is 1.08. The van der Waals surface area contributed by atoms with Crippen LogP contribution in [0.4, 0.5) is 5.69 Å². The van der Waals surface area contributed by atoms with Crippen molar-refractivity contribution in [3.05, 3.63) is 41.3 Å². The van der Waals surface area contributed by atoms with Crippen molar-refractivity contribution in [3.63, 3.8) is 0 Å². The van der Waals surface area contributed by atoms with Gasteiger partial charge >= 0.3 is 0 Å². The molecule has 0 bridgehead atoms. The van der Waals surface area contributed by atoms with Crippen LogP contribution in [-0.2, 0) is 24.8 Å². The van der Waals surface area contributed by atoms with Crippen molar-refractivity contribution in [3.8, 4) is 5.75 Å². The number of sulfonamides is 2. The van der Waals surface area contributed by atoms with E-state index in [4.69, 9.17) is 9.47 Å². The van der Waals surface area contributed by atoms with Crippen LogP contribution < -0.4 is 9.46 Å². The van der Waals surface area contributed by atoms with Crippen LogP contribution in [0, 0.1) is 5.92 Å². The molecule has 230 valence electrons. The van der Waals surface area contributed by atoms with Crippen molar-refractivity contribution in [1.82, 2.24) is 9.21 Å². The van der Waals surface area contributed by atoms with Crippen molar-refractivity contribution in [2.45, 2.75) is 62.5 Å². The maximum Gasteiger partial charge on any atom is 0.271 e. The number of thiophene rings is 1. The van der Waals surface area contributed by atoms with E-state index >= 15 is 0 Å². The van der Waals surface area contributed by atoms with E-state index in [9.17, 15) is 26.7 Å². The summed E-state index contributed by atoms with van der Waals surface area (Å²) in [6, 6.07) is 7.13. The molecule has 3 rings (SSSR count). The molecule has 1 amide bonds. The molecule has 14 heteroatoms. The van der Waals surface area contributed by atoms with Crippen molar-refractivity contribution in [2.24, 2.45) is 5.92 Å². The van der Waals surface area contributed by atoms with Crippen molar-refractivity contribution in [1.29, 1.82) is 0 Å². The first-order valence-corrected chi connectivity index (χ1v) is 17.8. The highest BCUT2D eigenvalue weighted by molar-refractivity contribution is 7.94. The Morgan fingerprint density at radius 3 is 2.56 bits per heavy atom. The summed E-state index contributed by atoms with van der Waals surface area (Å²) in [7, 11) is -5.82. The standard InChI is InChI=1S/C27H41N3O8S3/c1-19-16-30(20(2)18-31)27(32)23-15-22(28-41(35,36)26-10-8-14-39-26)11-12-24(23)38-21(3)9-6-7-13-37-25(19)17-29(4)40(5,33)34/h8,10-12,14-15,19-21,25,28,31H,6-7,9,13,16-18H2,1-5H3/t19-,20+,21-,25+/m1/s1. The molecule has 0 spiro atoms. The Hall–Kier alpha value is -2.23. The van der Waals surface area contributed by atoms with Gasteiger partial charge in [0.1, 0.15) is 9.96 Å². The van der Waals surface area contributed by atoms with E-state index in [0.29, 0.717) is 18.8 Å². The Morgan fingerprint density at radius 2 is 1.93 bits per heavy atom. The maximum absolute atomic E-state index is 14.1. The molecule has 1 aromatic carbocycles. The Balaban J connectivity index is 2.02. The molecule has 2 aromatic rings. The molecule has 0 aliphatic carbocycles. The SMILES string of the molecule is C[C@@H]1CCCCO[C@@H](CN(C)S(C)(=O)=O)[C@H](C)CN([C@@H](C)CO)C(=O)c2cc(NS(=O)(=O)c3cccs3)ccc2O1. The first-order valence-electron chi connectivity index (χ1n) is 13.5. The fourth-order valence-electron chi connectivity index (χ4n) is 4.46. The summed E-state index contributed by atoms with van der Waals surface area (Å²) in [4.78, 5) is 15.6. The highest BCUT2D eigenvalue weighted by Crippen LogP contribution is 2.30. The van der Waals surface area contributed by atoms with Crippen LogP contribution in [0.15, 0.2) is 39.9 Å².